The number of ether oxygens (including phenoxy) is 2. The minimum atomic E-state index is -0.514. The predicted molar refractivity (Wildman–Crippen MR) is 106 cm³/mol. The van der Waals surface area contributed by atoms with E-state index in [-0.39, 0.29) is 5.91 Å². The number of hydrogen-bond donors (Lipinski definition) is 1. The fraction of sp³-hybridized carbons (Fsp3) is 0.350. The molecule has 0 bridgehead atoms. The third-order valence-corrected chi connectivity index (χ3v) is 6.14. The molecule has 2 aliphatic rings. The average Bonchev–Trinajstić information content (AvgIpc) is 3.40. The van der Waals surface area contributed by atoms with Crippen LogP contribution in [-0.4, -0.2) is 26.5 Å². The van der Waals surface area contributed by atoms with E-state index in [0.717, 1.165) is 42.0 Å². The van der Waals surface area contributed by atoms with Crippen LogP contribution in [-0.2, 0) is 7.05 Å². The number of fused-ring (bicyclic) bond motifs is 1. The number of aromatic nitrogens is 3. The van der Waals surface area contributed by atoms with Gasteiger partial charge in [0.15, 0.2) is 11.5 Å². The van der Waals surface area contributed by atoms with Crippen molar-refractivity contribution in [3.8, 4) is 22.1 Å². The van der Waals surface area contributed by atoms with Crippen LogP contribution >= 0.6 is 11.3 Å². The summed E-state index contributed by atoms with van der Waals surface area (Å²) in [6.45, 7) is 0. The first kappa shape index (κ1) is 17.2. The molecule has 1 fully saturated rings. The number of benzene rings is 1. The number of aryl methyl sites for hydroxylation is 1. The van der Waals surface area contributed by atoms with Crippen LogP contribution in [0.15, 0.2) is 36.8 Å². The van der Waals surface area contributed by atoms with Crippen LogP contribution in [0.3, 0.4) is 0 Å². The second-order valence-corrected chi connectivity index (χ2v) is 8.25. The zero-order chi connectivity index (χ0) is 19.1. The van der Waals surface area contributed by atoms with Gasteiger partial charge < -0.3 is 14.8 Å². The maximum Gasteiger partial charge on any atom is 0.267 e. The summed E-state index contributed by atoms with van der Waals surface area (Å²) in [5.74, 6) is 0.731. The van der Waals surface area contributed by atoms with Crippen molar-refractivity contribution < 1.29 is 14.3 Å². The Hall–Kier alpha value is -2.87. The molecule has 0 atom stereocenters. The van der Waals surface area contributed by atoms with Crippen LogP contribution < -0.4 is 14.8 Å². The van der Waals surface area contributed by atoms with Gasteiger partial charge >= 0.3 is 0 Å². The van der Waals surface area contributed by atoms with E-state index in [1.165, 1.54) is 17.8 Å². The van der Waals surface area contributed by atoms with Gasteiger partial charge in [-0.2, -0.15) is 5.10 Å². The highest BCUT2D eigenvalue weighted by Gasteiger charge is 2.42. The molecule has 5 rings (SSSR count). The van der Waals surface area contributed by atoms with Gasteiger partial charge in [-0.1, -0.05) is 6.42 Å². The van der Waals surface area contributed by atoms with Crippen LogP contribution in [0.4, 0.5) is 5.69 Å². The van der Waals surface area contributed by atoms with Crippen LogP contribution in [0.25, 0.3) is 10.6 Å². The Morgan fingerprint density at radius 3 is 2.79 bits per heavy atom. The van der Waals surface area contributed by atoms with Crippen LogP contribution in [0.5, 0.6) is 11.5 Å². The quantitative estimate of drug-likeness (QED) is 0.717. The largest absolute Gasteiger partial charge is 0.448 e. The van der Waals surface area contributed by atoms with Gasteiger partial charge in [0.1, 0.15) is 9.88 Å². The molecule has 1 aliphatic heterocycles. The topological polar surface area (TPSA) is 78.3 Å². The molecule has 2 aromatic heterocycles. The number of nitrogens with one attached hydrogen (secondary N) is 1. The summed E-state index contributed by atoms with van der Waals surface area (Å²) in [4.78, 5) is 17.5. The Morgan fingerprint density at radius 1 is 1.18 bits per heavy atom. The van der Waals surface area contributed by atoms with Gasteiger partial charge in [-0.25, -0.2) is 4.98 Å². The van der Waals surface area contributed by atoms with Gasteiger partial charge in [0.2, 0.25) is 0 Å². The van der Waals surface area contributed by atoms with E-state index in [4.69, 9.17) is 9.47 Å². The fourth-order valence-electron chi connectivity index (χ4n) is 3.70. The molecule has 8 heteroatoms. The zero-order valence-corrected chi connectivity index (χ0v) is 16.3. The van der Waals surface area contributed by atoms with E-state index < -0.39 is 5.79 Å². The van der Waals surface area contributed by atoms with Crippen LogP contribution in [0.2, 0.25) is 0 Å². The van der Waals surface area contributed by atoms with Crippen molar-refractivity contribution in [1.82, 2.24) is 14.8 Å². The van der Waals surface area contributed by atoms with E-state index in [1.807, 2.05) is 31.4 Å². The molecular weight excluding hydrogens is 376 g/mol. The number of amides is 1. The van der Waals surface area contributed by atoms with E-state index in [0.29, 0.717) is 16.3 Å². The van der Waals surface area contributed by atoms with E-state index >= 15 is 0 Å². The number of hydrogen-bond acceptors (Lipinski definition) is 6. The maximum atomic E-state index is 12.6. The van der Waals surface area contributed by atoms with Gasteiger partial charge in [0, 0.05) is 43.4 Å². The van der Waals surface area contributed by atoms with Crippen molar-refractivity contribution in [2.45, 2.75) is 37.9 Å². The van der Waals surface area contributed by atoms with Gasteiger partial charge in [-0.05, 0) is 25.0 Å². The normalized spacial score (nSPS) is 17.0. The van der Waals surface area contributed by atoms with Crippen molar-refractivity contribution in [2.75, 3.05) is 5.32 Å². The molecule has 1 aliphatic carbocycles. The SMILES string of the molecule is Cn1cc(-c2ncc(C(=O)Nc3ccc4c(c3)OC3(CCCCC3)O4)s2)cn1. The monoisotopic (exact) mass is 396 g/mol. The first-order valence-electron chi connectivity index (χ1n) is 9.39. The molecule has 7 nitrogen and oxygen atoms in total. The summed E-state index contributed by atoms with van der Waals surface area (Å²) in [5, 5.41) is 7.83. The highest BCUT2D eigenvalue weighted by Crippen LogP contribution is 2.46. The second kappa shape index (κ2) is 6.63. The molecule has 3 aromatic rings. The lowest BCUT2D eigenvalue weighted by Crippen LogP contribution is -2.40. The Morgan fingerprint density at radius 2 is 2.00 bits per heavy atom. The number of anilines is 1. The van der Waals surface area contributed by atoms with Crippen molar-refractivity contribution in [2.24, 2.45) is 7.05 Å². The number of nitrogens with zero attached hydrogens (tertiary/aromatic N) is 3. The third kappa shape index (κ3) is 3.13. The molecule has 3 heterocycles. The molecule has 144 valence electrons. The van der Waals surface area contributed by atoms with E-state index in [1.54, 1.807) is 17.1 Å². The fourth-order valence-corrected chi connectivity index (χ4v) is 4.49. The average molecular weight is 396 g/mol. The van der Waals surface area contributed by atoms with E-state index in [9.17, 15) is 4.79 Å². The van der Waals surface area contributed by atoms with Crippen LogP contribution in [0.1, 0.15) is 41.8 Å². The molecule has 1 aromatic carbocycles. The Labute approximate surface area is 166 Å². The lowest BCUT2D eigenvalue weighted by Gasteiger charge is -2.31. The maximum absolute atomic E-state index is 12.6. The highest BCUT2D eigenvalue weighted by atomic mass is 32.1. The van der Waals surface area contributed by atoms with Crippen molar-refractivity contribution >= 4 is 22.9 Å². The molecule has 28 heavy (non-hydrogen) atoms. The summed E-state index contributed by atoms with van der Waals surface area (Å²) in [6, 6.07) is 5.53. The molecular formula is C20H20N4O3S. The number of carbonyl (C=O) groups is 1. The van der Waals surface area contributed by atoms with Gasteiger partial charge in [0.25, 0.3) is 11.7 Å². The summed E-state index contributed by atoms with van der Waals surface area (Å²) in [7, 11) is 1.85. The third-order valence-electron chi connectivity index (χ3n) is 5.09. The first-order valence-corrected chi connectivity index (χ1v) is 10.2. The van der Waals surface area contributed by atoms with Crippen molar-refractivity contribution in [1.29, 1.82) is 0 Å². The van der Waals surface area contributed by atoms with Gasteiger partial charge in [0.05, 0.1) is 12.4 Å². The molecule has 1 N–H and O–H groups in total. The lowest BCUT2D eigenvalue weighted by molar-refractivity contribution is -0.105. The Balaban J connectivity index is 1.30. The van der Waals surface area contributed by atoms with Gasteiger partial charge in [-0.3, -0.25) is 9.48 Å². The zero-order valence-electron chi connectivity index (χ0n) is 15.5. The summed E-state index contributed by atoms with van der Waals surface area (Å²) in [6.07, 6.45) is 10.5. The summed E-state index contributed by atoms with van der Waals surface area (Å²) in [5.41, 5.74) is 1.57. The number of rotatable bonds is 3. The lowest BCUT2D eigenvalue weighted by atomic mass is 9.94. The predicted octanol–water partition coefficient (Wildman–Crippen LogP) is 4.23. The van der Waals surface area contributed by atoms with Crippen molar-refractivity contribution in [3.05, 3.63) is 41.7 Å². The highest BCUT2D eigenvalue weighted by molar-refractivity contribution is 7.17. The minimum absolute atomic E-state index is 0.195. The second-order valence-electron chi connectivity index (χ2n) is 7.22. The Kier molecular flexibility index (Phi) is 4.08. The molecule has 0 radical (unpaired) electrons. The molecule has 0 saturated heterocycles. The van der Waals surface area contributed by atoms with Crippen LogP contribution in [0, 0.1) is 0 Å². The summed E-state index contributed by atoms with van der Waals surface area (Å²) < 4.78 is 13.9. The number of thiazole rings is 1. The first-order chi connectivity index (χ1) is 13.6. The molecule has 1 saturated carbocycles. The smallest absolute Gasteiger partial charge is 0.267 e. The molecule has 0 unspecified atom stereocenters. The Bertz CT molecular complexity index is 1040. The summed E-state index contributed by atoms with van der Waals surface area (Å²) >= 11 is 1.34. The van der Waals surface area contributed by atoms with Crippen molar-refractivity contribution in [3.63, 3.8) is 0 Å². The standard InChI is InChI=1S/C20H20N4O3S/c1-24-12-13(10-22-24)19-21-11-17(28-19)18(25)23-14-5-6-15-16(9-14)27-20(26-15)7-3-2-4-8-20/h5-6,9-12H,2-4,7-8H2,1H3,(H,23,25). The molecule has 1 spiro atoms. The molecule has 1 amide bonds. The number of carbonyl (C=O) groups excluding carboxylic acids is 1. The van der Waals surface area contributed by atoms with E-state index in [2.05, 4.69) is 15.4 Å². The van der Waals surface area contributed by atoms with Gasteiger partial charge in [-0.15, -0.1) is 11.3 Å². The minimum Gasteiger partial charge on any atom is -0.448 e.